The Kier molecular flexibility index (Phi) is 4.59. The summed E-state index contributed by atoms with van der Waals surface area (Å²) in [5, 5.41) is -1.50. The molecule has 0 amide bonds. The third kappa shape index (κ3) is 3.57. The van der Waals surface area contributed by atoms with Gasteiger partial charge in [-0.15, -0.1) is 11.6 Å². The van der Waals surface area contributed by atoms with Gasteiger partial charge in [-0.1, -0.05) is 41.9 Å². The molecule has 0 radical (unpaired) electrons. The summed E-state index contributed by atoms with van der Waals surface area (Å²) in [6, 6.07) is 11.4. The van der Waals surface area contributed by atoms with E-state index < -0.39 is 27.9 Å². The molecule has 1 atom stereocenters. The molecule has 2 aromatic carbocycles. The van der Waals surface area contributed by atoms with E-state index in [1.54, 1.807) is 30.3 Å². The van der Waals surface area contributed by atoms with Crippen LogP contribution in [0.3, 0.4) is 0 Å². The summed E-state index contributed by atoms with van der Waals surface area (Å²) in [6.45, 7) is 0. The molecule has 2 rings (SSSR count). The Balaban J connectivity index is 2.36. The van der Waals surface area contributed by atoms with Gasteiger partial charge in [-0.25, -0.2) is 0 Å². The molecule has 6 heteroatoms. The average molecular weight is 333 g/mol. The number of halogens is 5. The highest BCUT2D eigenvalue weighted by Gasteiger charge is 2.34. The van der Waals surface area contributed by atoms with Gasteiger partial charge in [-0.05, 0) is 23.8 Å². The summed E-state index contributed by atoms with van der Waals surface area (Å²) < 4.78 is 38.4. The van der Waals surface area contributed by atoms with Crippen LogP contribution in [0.4, 0.5) is 13.2 Å². The van der Waals surface area contributed by atoms with Crippen molar-refractivity contribution in [3.8, 4) is 0 Å². The lowest BCUT2D eigenvalue weighted by molar-refractivity contribution is -0.137. The van der Waals surface area contributed by atoms with Crippen molar-refractivity contribution in [2.45, 2.75) is 11.6 Å². The third-order valence-electron chi connectivity index (χ3n) is 2.88. The Labute approximate surface area is 129 Å². The molecule has 0 aliphatic rings. The summed E-state index contributed by atoms with van der Waals surface area (Å²) in [5.41, 5.74) is -0.657. The van der Waals surface area contributed by atoms with E-state index in [0.717, 1.165) is 12.1 Å². The summed E-state index contributed by atoms with van der Waals surface area (Å²) >= 11 is 11.6. The van der Waals surface area contributed by atoms with Gasteiger partial charge in [0.2, 0.25) is 0 Å². The van der Waals surface area contributed by atoms with Crippen LogP contribution >= 0.6 is 23.2 Å². The SMILES string of the molecule is O=C(c1ccc(Cl)c(C(F)(F)F)c1)C(Cl)c1ccccc1. The van der Waals surface area contributed by atoms with Crippen molar-refractivity contribution in [2.75, 3.05) is 0 Å². The molecule has 21 heavy (non-hydrogen) atoms. The minimum Gasteiger partial charge on any atom is -0.292 e. The van der Waals surface area contributed by atoms with Crippen LogP contribution in [0.5, 0.6) is 0 Å². The van der Waals surface area contributed by atoms with Crippen molar-refractivity contribution in [3.05, 3.63) is 70.2 Å². The van der Waals surface area contributed by atoms with E-state index in [1.807, 2.05) is 0 Å². The maximum Gasteiger partial charge on any atom is 0.417 e. The fourth-order valence-electron chi connectivity index (χ4n) is 1.82. The Bertz CT molecular complexity index is 654. The van der Waals surface area contributed by atoms with Crippen LogP contribution in [0.2, 0.25) is 5.02 Å². The predicted molar refractivity (Wildman–Crippen MR) is 75.8 cm³/mol. The number of alkyl halides is 4. The molecule has 0 saturated heterocycles. The Morgan fingerprint density at radius 1 is 1.05 bits per heavy atom. The van der Waals surface area contributed by atoms with Crippen LogP contribution in [0.15, 0.2) is 48.5 Å². The summed E-state index contributed by atoms with van der Waals surface area (Å²) in [5.74, 6) is -0.606. The van der Waals surface area contributed by atoms with Crippen molar-refractivity contribution in [1.29, 1.82) is 0 Å². The molecule has 0 fully saturated rings. The smallest absolute Gasteiger partial charge is 0.292 e. The summed E-state index contributed by atoms with van der Waals surface area (Å²) in [6.07, 6.45) is -4.62. The second-order valence-corrected chi connectivity index (χ2v) is 5.17. The minimum absolute atomic E-state index is 0.129. The molecular formula is C15H9Cl2F3O. The van der Waals surface area contributed by atoms with E-state index in [1.165, 1.54) is 6.07 Å². The number of hydrogen-bond donors (Lipinski definition) is 0. The monoisotopic (exact) mass is 332 g/mol. The van der Waals surface area contributed by atoms with E-state index in [-0.39, 0.29) is 5.56 Å². The molecule has 110 valence electrons. The summed E-state index contributed by atoms with van der Waals surface area (Å²) in [7, 11) is 0. The quantitative estimate of drug-likeness (QED) is 0.534. The van der Waals surface area contributed by atoms with Gasteiger partial charge in [0.15, 0.2) is 5.78 Å². The van der Waals surface area contributed by atoms with E-state index in [4.69, 9.17) is 23.2 Å². The zero-order valence-corrected chi connectivity index (χ0v) is 12.0. The zero-order valence-electron chi connectivity index (χ0n) is 10.5. The van der Waals surface area contributed by atoms with Gasteiger partial charge in [0.25, 0.3) is 0 Å². The number of Topliss-reactive ketones (excluding diaryl/α,β-unsaturated/α-hetero) is 1. The van der Waals surface area contributed by atoms with Gasteiger partial charge in [0.1, 0.15) is 5.38 Å². The normalized spacial score (nSPS) is 13.0. The van der Waals surface area contributed by atoms with Crippen molar-refractivity contribution < 1.29 is 18.0 Å². The van der Waals surface area contributed by atoms with Gasteiger partial charge in [0, 0.05) is 5.56 Å². The maximum atomic E-state index is 12.8. The molecule has 1 nitrogen and oxygen atoms in total. The van der Waals surface area contributed by atoms with Crippen molar-refractivity contribution in [3.63, 3.8) is 0 Å². The lowest BCUT2D eigenvalue weighted by atomic mass is 10.0. The zero-order chi connectivity index (χ0) is 15.6. The fourth-order valence-corrected chi connectivity index (χ4v) is 2.31. The van der Waals surface area contributed by atoms with Gasteiger partial charge >= 0.3 is 6.18 Å². The first-order valence-corrected chi connectivity index (χ1v) is 6.72. The Morgan fingerprint density at radius 2 is 1.67 bits per heavy atom. The predicted octanol–water partition coefficient (Wildman–Crippen LogP) is 5.52. The first-order valence-electron chi connectivity index (χ1n) is 5.90. The molecule has 0 heterocycles. The lowest BCUT2D eigenvalue weighted by Gasteiger charge is -2.13. The molecule has 1 unspecified atom stereocenters. The lowest BCUT2D eigenvalue weighted by Crippen LogP contribution is -2.11. The topological polar surface area (TPSA) is 17.1 Å². The Hall–Kier alpha value is -1.52. The van der Waals surface area contributed by atoms with Crippen molar-refractivity contribution >= 4 is 29.0 Å². The van der Waals surface area contributed by atoms with Crippen LogP contribution in [-0.2, 0) is 6.18 Å². The largest absolute Gasteiger partial charge is 0.417 e. The molecule has 0 saturated carbocycles. The van der Waals surface area contributed by atoms with Gasteiger partial charge in [-0.3, -0.25) is 4.79 Å². The highest BCUT2D eigenvalue weighted by molar-refractivity contribution is 6.34. The number of rotatable bonds is 3. The van der Waals surface area contributed by atoms with E-state index in [0.29, 0.717) is 5.56 Å². The molecule has 2 aromatic rings. The first-order chi connectivity index (χ1) is 9.80. The maximum absolute atomic E-state index is 12.8. The van der Waals surface area contributed by atoms with Gasteiger partial charge in [-0.2, -0.15) is 13.2 Å². The number of hydrogen-bond acceptors (Lipinski definition) is 1. The highest BCUT2D eigenvalue weighted by atomic mass is 35.5. The van der Waals surface area contributed by atoms with Crippen LogP contribution in [-0.4, -0.2) is 5.78 Å². The molecule has 0 bridgehead atoms. The number of benzene rings is 2. The highest BCUT2D eigenvalue weighted by Crippen LogP contribution is 2.36. The van der Waals surface area contributed by atoms with E-state index in [9.17, 15) is 18.0 Å². The molecule has 0 aliphatic heterocycles. The second kappa shape index (κ2) is 6.08. The second-order valence-electron chi connectivity index (χ2n) is 4.33. The molecular weight excluding hydrogens is 324 g/mol. The average Bonchev–Trinajstić information content (AvgIpc) is 2.46. The minimum atomic E-state index is -4.62. The molecule has 0 N–H and O–H groups in total. The Morgan fingerprint density at radius 3 is 2.24 bits per heavy atom. The first kappa shape index (κ1) is 15.9. The van der Waals surface area contributed by atoms with Gasteiger partial charge < -0.3 is 0 Å². The fraction of sp³-hybridized carbons (Fsp3) is 0.133. The number of carbonyl (C=O) groups excluding carboxylic acids is 1. The molecule has 0 spiro atoms. The van der Waals surface area contributed by atoms with E-state index in [2.05, 4.69) is 0 Å². The number of ketones is 1. The van der Waals surface area contributed by atoms with Crippen LogP contribution in [0, 0.1) is 0 Å². The van der Waals surface area contributed by atoms with E-state index >= 15 is 0 Å². The van der Waals surface area contributed by atoms with Crippen LogP contribution in [0.1, 0.15) is 26.9 Å². The third-order valence-corrected chi connectivity index (χ3v) is 3.66. The van der Waals surface area contributed by atoms with Crippen molar-refractivity contribution in [2.24, 2.45) is 0 Å². The van der Waals surface area contributed by atoms with Crippen LogP contribution < -0.4 is 0 Å². The number of carbonyl (C=O) groups is 1. The van der Waals surface area contributed by atoms with Crippen LogP contribution in [0.25, 0.3) is 0 Å². The van der Waals surface area contributed by atoms with Gasteiger partial charge in [0.05, 0.1) is 10.6 Å². The standard InChI is InChI=1S/C15H9Cl2F3O/c16-12-7-6-10(8-11(12)15(18,19)20)14(21)13(17)9-4-2-1-3-5-9/h1-8,13H. The van der Waals surface area contributed by atoms with Crippen molar-refractivity contribution in [1.82, 2.24) is 0 Å². The molecule has 0 aliphatic carbocycles. The summed E-state index contributed by atoms with van der Waals surface area (Å²) in [4.78, 5) is 12.2. The molecule has 0 aromatic heterocycles.